The maximum atomic E-state index is 12.0. The number of nitrogens with zero attached hydrogens (tertiary/aromatic N) is 2. The van der Waals surface area contributed by atoms with Crippen molar-refractivity contribution in [2.24, 2.45) is 0 Å². The maximum absolute atomic E-state index is 12.0. The highest BCUT2D eigenvalue weighted by Crippen LogP contribution is 2.26. The fraction of sp³-hybridized carbons (Fsp3) is 0.438. The van der Waals surface area contributed by atoms with E-state index in [9.17, 15) is 9.59 Å². The molecule has 3 rings (SSSR count). The zero-order valence-electron chi connectivity index (χ0n) is 13.4. The van der Waals surface area contributed by atoms with Crippen LogP contribution in [0, 0.1) is 6.92 Å². The van der Waals surface area contributed by atoms with Crippen LogP contribution in [0.25, 0.3) is 0 Å². The number of aromatic nitrogens is 1. The highest BCUT2D eigenvalue weighted by molar-refractivity contribution is 7.07. The Balaban J connectivity index is 1.57. The van der Waals surface area contributed by atoms with E-state index >= 15 is 0 Å². The van der Waals surface area contributed by atoms with Crippen LogP contribution in [0.1, 0.15) is 30.2 Å². The van der Waals surface area contributed by atoms with Crippen LogP contribution < -0.4 is 10.6 Å². The van der Waals surface area contributed by atoms with Gasteiger partial charge in [-0.05, 0) is 55.2 Å². The van der Waals surface area contributed by atoms with Gasteiger partial charge in [0.2, 0.25) is 0 Å². The Bertz CT molecular complexity index is 692. The molecule has 24 heavy (non-hydrogen) atoms. The van der Waals surface area contributed by atoms with E-state index in [1.807, 2.05) is 5.38 Å². The van der Waals surface area contributed by atoms with Crippen molar-refractivity contribution in [3.8, 4) is 0 Å². The van der Waals surface area contributed by atoms with Crippen molar-refractivity contribution in [3.05, 3.63) is 34.2 Å². The molecular formula is C16H20N4O3S. The average molecular weight is 348 g/mol. The van der Waals surface area contributed by atoms with E-state index in [1.54, 1.807) is 24.3 Å². The highest BCUT2D eigenvalue weighted by atomic mass is 32.1. The van der Waals surface area contributed by atoms with Gasteiger partial charge in [0.25, 0.3) is 0 Å². The first-order valence-electron chi connectivity index (χ1n) is 7.92. The Hall–Kier alpha value is -2.19. The summed E-state index contributed by atoms with van der Waals surface area (Å²) in [5.74, 6) is -0.609. The second kappa shape index (κ2) is 7.59. The lowest BCUT2D eigenvalue weighted by molar-refractivity contribution is -0.136. The van der Waals surface area contributed by atoms with E-state index in [-0.39, 0.29) is 11.9 Å². The zero-order chi connectivity index (χ0) is 16.9. The van der Waals surface area contributed by atoms with Crippen molar-refractivity contribution >= 4 is 29.0 Å². The molecule has 128 valence electrons. The molecule has 1 fully saturated rings. The van der Waals surface area contributed by atoms with Crippen LogP contribution in [0.4, 0.5) is 5.82 Å². The minimum absolute atomic E-state index is 0.102. The molecule has 2 amide bonds. The number of anilines is 1. The number of hydrogen-bond donors (Lipinski definition) is 2. The number of amides is 2. The van der Waals surface area contributed by atoms with Gasteiger partial charge < -0.3 is 9.84 Å². The van der Waals surface area contributed by atoms with Crippen molar-refractivity contribution < 1.29 is 14.1 Å². The Morgan fingerprint density at radius 3 is 2.79 bits per heavy atom. The third-order valence-electron chi connectivity index (χ3n) is 4.04. The first kappa shape index (κ1) is 16.7. The molecule has 1 aliphatic rings. The van der Waals surface area contributed by atoms with Gasteiger partial charge in [0.15, 0.2) is 5.82 Å². The van der Waals surface area contributed by atoms with Gasteiger partial charge in [-0.2, -0.15) is 11.3 Å². The predicted octanol–water partition coefficient (Wildman–Crippen LogP) is 1.94. The van der Waals surface area contributed by atoms with Crippen LogP contribution in [-0.2, 0) is 9.59 Å². The number of aryl methyl sites for hydroxylation is 1. The number of likely N-dealkylation sites (tertiary alicyclic amines) is 1. The summed E-state index contributed by atoms with van der Waals surface area (Å²) in [4.78, 5) is 26.3. The molecule has 0 spiro atoms. The molecule has 0 bridgehead atoms. The molecule has 0 aliphatic carbocycles. The van der Waals surface area contributed by atoms with Crippen LogP contribution in [0.3, 0.4) is 0 Å². The Kier molecular flexibility index (Phi) is 5.27. The Labute approximate surface area is 144 Å². The summed E-state index contributed by atoms with van der Waals surface area (Å²) in [6.45, 7) is 4.15. The van der Waals surface area contributed by atoms with Crippen LogP contribution in [0.15, 0.2) is 27.4 Å². The van der Waals surface area contributed by atoms with Gasteiger partial charge in [-0.3, -0.25) is 19.8 Å². The zero-order valence-corrected chi connectivity index (χ0v) is 14.3. The standard InChI is InChI=1S/C16H20N4O3S/c1-11-8-14(19-23-11)18-16(22)15(21)17-9-13(12-4-7-24-10-12)20-5-2-3-6-20/h4,7-8,10,13H,2-3,5-6,9H2,1H3,(H,17,21)(H,18,19,22)/t13-/m0/s1. The van der Waals surface area contributed by atoms with Gasteiger partial charge in [0.1, 0.15) is 5.76 Å². The van der Waals surface area contributed by atoms with Crippen molar-refractivity contribution in [2.75, 3.05) is 25.0 Å². The van der Waals surface area contributed by atoms with Gasteiger partial charge in [-0.15, -0.1) is 0 Å². The minimum atomic E-state index is -0.742. The fourth-order valence-corrected chi connectivity index (χ4v) is 3.55. The second-order valence-corrected chi connectivity index (χ2v) is 6.58. The third-order valence-corrected chi connectivity index (χ3v) is 4.74. The van der Waals surface area contributed by atoms with E-state index in [1.165, 1.54) is 18.4 Å². The molecule has 0 radical (unpaired) electrons. The van der Waals surface area contributed by atoms with Crippen LogP contribution in [-0.4, -0.2) is 41.5 Å². The predicted molar refractivity (Wildman–Crippen MR) is 90.7 cm³/mol. The van der Waals surface area contributed by atoms with Crippen LogP contribution in [0.2, 0.25) is 0 Å². The number of carbonyl (C=O) groups is 2. The molecule has 0 aromatic carbocycles. The summed E-state index contributed by atoms with van der Waals surface area (Å²) < 4.78 is 4.86. The van der Waals surface area contributed by atoms with Crippen LogP contribution >= 0.6 is 11.3 Å². The molecule has 7 nitrogen and oxygen atoms in total. The molecule has 3 heterocycles. The first-order valence-corrected chi connectivity index (χ1v) is 8.86. The maximum Gasteiger partial charge on any atom is 0.314 e. The van der Waals surface area contributed by atoms with E-state index in [0.29, 0.717) is 12.3 Å². The van der Waals surface area contributed by atoms with E-state index in [2.05, 4.69) is 32.1 Å². The number of nitrogens with one attached hydrogen (secondary N) is 2. The number of rotatable bonds is 5. The van der Waals surface area contributed by atoms with Gasteiger partial charge in [0, 0.05) is 12.6 Å². The van der Waals surface area contributed by atoms with Crippen molar-refractivity contribution in [1.82, 2.24) is 15.4 Å². The second-order valence-electron chi connectivity index (χ2n) is 5.80. The number of thiophene rings is 1. The fourth-order valence-electron chi connectivity index (χ4n) is 2.84. The SMILES string of the molecule is Cc1cc(NC(=O)C(=O)NC[C@@H](c2ccsc2)N2CCCC2)no1. The first-order chi connectivity index (χ1) is 11.6. The lowest BCUT2D eigenvalue weighted by Crippen LogP contribution is -2.41. The molecule has 1 aliphatic heterocycles. The Morgan fingerprint density at radius 1 is 1.38 bits per heavy atom. The van der Waals surface area contributed by atoms with Gasteiger partial charge in [-0.25, -0.2) is 0 Å². The summed E-state index contributed by atoms with van der Waals surface area (Å²) in [6.07, 6.45) is 2.33. The van der Waals surface area contributed by atoms with Crippen molar-refractivity contribution in [2.45, 2.75) is 25.8 Å². The van der Waals surface area contributed by atoms with Crippen LogP contribution in [0.5, 0.6) is 0 Å². The molecular weight excluding hydrogens is 328 g/mol. The smallest absolute Gasteiger partial charge is 0.314 e. The molecule has 0 unspecified atom stereocenters. The molecule has 0 saturated carbocycles. The lowest BCUT2D eigenvalue weighted by atomic mass is 10.1. The number of carbonyl (C=O) groups excluding carboxylic acids is 2. The number of hydrogen-bond acceptors (Lipinski definition) is 6. The van der Waals surface area contributed by atoms with Gasteiger partial charge in [-0.1, -0.05) is 5.16 Å². The quantitative estimate of drug-likeness (QED) is 0.806. The highest BCUT2D eigenvalue weighted by Gasteiger charge is 2.25. The lowest BCUT2D eigenvalue weighted by Gasteiger charge is -2.27. The van der Waals surface area contributed by atoms with Crippen molar-refractivity contribution in [3.63, 3.8) is 0 Å². The summed E-state index contributed by atoms with van der Waals surface area (Å²) in [5, 5.41) is 12.9. The molecule has 2 aromatic rings. The summed E-state index contributed by atoms with van der Waals surface area (Å²) in [7, 11) is 0. The monoisotopic (exact) mass is 348 g/mol. The van der Waals surface area contributed by atoms with E-state index in [4.69, 9.17) is 4.52 Å². The Morgan fingerprint density at radius 2 is 2.17 bits per heavy atom. The van der Waals surface area contributed by atoms with Crippen molar-refractivity contribution in [1.29, 1.82) is 0 Å². The summed E-state index contributed by atoms with van der Waals surface area (Å²) in [6, 6.07) is 3.73. The summed E-state index contributed by atoms with van der Waals surface area (Å²) >= 11 is 1.63. The topological polar surface area (TPSA) is 87.5 Å². The average Bonchev–Trinajstić information content (AvgIpc) is 3.30. The third kappa shape index (κ3) is 4.01. The molecule has 8 heteroatoms. The molecule has 1 saturated heterocycles. The van der Waals surface area contributed by atoms with Gasteiger partial charge in [0.05, 0.1) is 6.04 Å². The largest absolute Gasteiger partial charge is 0.360 e. The molecule has 2 aromatic heterocycles. The normalized spacial score (nSPS) is 16.0. The van der Waals surface area contributed by atoms with Gasteiger partial charge >= 0.3 is 11.8 Å². The molecule has 2 N–H and O–H groups in total. The van der Waals surface area contributed by atoms with E-state index < -0.39 is 11.8 Å². The summed E-state index contributed by atoms with van der Waals surface area (Å²) in [5.41, 5.74) is 1.18. The molecule has 1 atom stereocenters. The minimum Gasteiger partial charge on any atom is -0.360 e. The van der Waals surface area contributed by atoms with E-state index in [0.717, 1.165) is 13.1 Å².